The van der Waals surface area contributed by atoms with Crippen LogP contribution in [0.2, 0.25) is 0 Å². The van der Waals surface area contributed by atoms with Gasteiger partial charge >= 0.3 is 0 Å². The van der Waals surface area contributed by atoms with Gasteiger partial charge < -0.3 is 16.4 Å². The summed E-state index contributed by atoms with van der Waals surface area (Å²) in [5.74, 6) is 0. The molecule has 0 aromatic rings. The lowest BCUT2D eigenvalue weighted by Gasteiger charge is -2.49. The van der Waals surface area contributed by atoms with E-state index in [9.17, 15) is 0 Å². The van der Waals surface area contributed by atoms with Gasteiger partial charge in [-0.25, -0.2) is 0 Å². The van der Waals surface area contributed by atoms with Crippen molar-refractivity contribution < 1.29 is 0 Å². The van der Waals surface area contributed by atoms with Gasteiger partial charge in [0.05, 0.1) is 0 Å². The fraction of sp³-hybridized carbons (Fsp3) is 0.778. The molecule has 92 valence electrons. The van der Waals surface area contributed by atoms with Crippen LogP contribution in [0.25, 0.3) is 0 Å². The van der Waals surface area contributed by atoms with E-state index in [1.165, 1.54) is 0 Å². The molecule has 0 radical (unpaired) electrons. The van der Waals surface area contributed by atoms with E-state index in [0.717, 1.165) is 25.9 Å². The summed E-state index contributed by atoms with van der Waals surface area (Å²) >= 11 is 0. The smallest absolute Gasteiger partial charge is 0.0486 e. The van der Waals surface area contributed by atoms with Crippen LogP contribution in [0.15, 0.2) is 12.2 Å². The largest absolute Gasteiger partial charge is 0.324 e. The SMILES string of the molecule is CN1CC2(N)C=CCC(N)(C1)C2.Cl.Cl.Cl. The monoisotopic (exact) mass is 275 g/mol. The Bertz CT molecular complexity index is 237. The zero-order valence-corrected chi connectivity index (χ0v) is 11.3. The maximum atomic E-state index is 6.20. The van der Waals surface area contributed by atoms with E-state index in [-0.39, 0.29) is 48.3 Å². The Hall–Kier alpha value is 0.490. The maximum Gasteiger partial charge on any atom is 0.0486 e. The molecule has 1 aliphatic heterocycles. The number of nitrogens with zero attached hydrogens (tertiary/aromatic N) is 1. The number of rotatable bonds is 0. The summed E-state index contributed by atoms with van der Waals surface area (Å²) in [6.45, 7) is 1.90. The number of halogens is 3. The molecule has 0 aromatic carbocycles. The van der Waals surface area contributed by atoms with Gasteiger partial charge in [0.1, 0.15) is 0 Å². The van der Waals surface area contributed by atoms with Crippen molar-refractivity contribution in [2.45, 2.75) is 23.9 Å². The molecule has 4 N–H and O–H groups in total. The van der Waals surface area contributed by atoms with E-state index < -0.39 is 0 Å². The number of hydrogen-bond acceptors (Lipinski definition) is 3. The first-order chi connectivity index (χ1) is 5.52. The van der Waals surface area contributed by atoms with Crippen LogP contribution in [0.1, 0.15) is 12.8 Å². The van der Waals surface area contributed by atoms with Crippen molar-refractivity contribution in [2.24, 2.45) is 11.5 Å². The second kappa shape index (κ2) is 5.71. The van der Waals surface area contributed by atoms with Crippen molar-refractivity contribution in [3.05, 3.63) is 12.2 Å². The lowest BCUT2D eigenvalue weighted by molar-refractivity contribution is 0.120. The van der Waals surface area contributed by atoms with E-state index in [0.29, 0.717) is 0 Å². The number of likely N-dealkylation sites (N-methyl/N-ethyl adjacent to an activating group) is 1. The van der Waals surface area contributed by atoms with Crippen molar-refractivity contribution >= 4 is 37.2 Å². The lowest BCUT2D eigenvalue weighted by atomic mass is 9.73. The van der Waals surface area contributed by atoms with Crippen molar-refractivity contribution in [2.75, 3.05) is 20.1 Å². The fourth-order valence-electron chi connectivity index (χ4n) is 2.64. The van der Waals surface area contributed by atoms with E-state index in [1.54, 1.807) is 0 Å². The fourth-order valence-corrected chi connectivity index (χ4v) is 2.64. The average molecular weight is 277 g/mol. The van der Waals surface area contributed by atoms with Crippen LogP contribution in [-0.4, -0.2) is 36.1 Å². The Morgan fingerprint density at radius 2 is 1.73 bits per heavy atom. The van der Waals surface area contributed by atoms with Gasteiger partial charge in [-0.3, -0.25) is 0 Å². The molecule has 1 heterocycles. The molecular weight excluding hydrogens is 256 g/mol. The molecule has 2 bridgehead atoms. The topological polar surface area (TPSA) is 55.3 Å². The average Bonchev–Trinajstić information content (AvgIpc) is 1.79. The summed E-state index contributed by atoms with van der Waals surface area (Å²) in [5.41, 5.74) is 12.1. The van der Waals surface area contributed by atoms with E-state index in [1.807, 2.05) is 0 Å². The van der Waals surface area contributed by atoms with Gasteiger partial charge in [0.25, 0.3) is 0 Å². The first kappa shape index (κ1) is 17.9. The number of hydrogen-bond donors (Lipinski definition) is 2. The molecule has 0 saturated carbocycles. The molecular formula is C9H20Cl3N3. The van der Waals surface area contributed by atoms with Crippen LogP contribution in [0.4, 0.5) is 0 Å². The zero-order valence-electron chi connectivity index (χ0n) is 8.81. The molecule has 0 amide bonds. The van der Waals surface area contributed by atoms with Gasteiger partial charge in [0.15, 0.2) is 0 Å². The first-order valence-corrected chi connectivity index (χ1v) is 4.46. The van der Waals surface area contributed by atoms with Crippen molar-refractivity contribution in [3.8, 4) is 0 Å². The molecule has 6 heteroatoms. The van der Waals surface area contributed by atoms with Gasteiger partial charge in [-0.1, -0.05) is 12.2 Å². The number of fused-ring (bicyclic) bond motifs is 2. The molecule has 2 unspecified atom stereocenters. The summed E-state index contributed by atoms with van der Waals surface area (Å²) in [7, 11) is 2.08. The number of likely N-dealkylation sites (tertiary alicyclic amines) is 1. The second-order valence-corrected chi connectivity index (χ2v) is 4.55. The third-order valence-electron chi connectivity index (χ3n) is 2.80. The predicted molar refractivity (Wildman–Crippen MR) is 71.5 cm³/mol. The Kier molecular flexibility index (Phi) is 6.80. The van der Waals surface area contributed by atoms with Crippen LogP contribution in [-0.2, 0) is 0 Å². The van der Waals surface area contributed by atoms with Crippen molar-refractivity contribution in [1.82, 2.24) is 4.90 Å². The Labute approximate surface area is 110 Å². The van der Waals surface area contributed by atoms with Gasteiger partial charge in [-0.15, -0.1) is 37.2 Å². The minimum Gasteiger partial charge on any atom is -0.324 e. The summed E-state index contributed by atoms with van der Waals surface area (Å²) in [5, 5.41) is 0. The highest BCUT2D eigenvalue weighted by atomic mass is 35.5. The molecule has 1 aliphatic carbocycles. The Morgan fingerprint density at radius 3 is 2.27 bits per heavy atom. The summed E-state index contributed by atoms with van der Waals surface area (Å²) < 4.78 is 0. The maximum absolute atomic E-state index is 6.20. The molecule has 0 spiro atoms. The first-order valence-electron chi connectivity index (χ1n) is 4.46. The van der Waals surface area contributed by atoms with E-state index in [2.05, 4.69) is 24.1 Å². The van der Waals surface area contributed by atoms with E-state index in [4.69, 9.17) is 11.5 Å². The molecule has 3 nitrogen and oxygen atoms in total. The molecule has 2 rings (SSSR count). The Balaban J connectivity index is 0. The van der Waals surface area contributed by atoms with Crippen LogP contribution < -0.4 is 11.5 Å². The minimum atomic E-state index is -0.167. The highest BCUT2D eigenvalue weighted by molar-refractivity contribution is 5.86. The van der Waals surface area contributed by atoms with Crippen LogP contribution in [0.3, 0.4) is 0 Å². The highest BCUT2D eigenvalue weighted by Crippen LogP contribution is 2.32. The summed E-state index contributed by atoms with van der Waals surface area (Å²) in [6.07, 6.45) is 6.15. The van der Waals surface area contributed by atoms with Gasteiger partial charge in [-0.05, 0) is 19.9 Å². The lowest BCUT2D eigenvalue weighted by Crippen LogP contribution is -2.66. The molecule has 1 saturated heterocycles. The van der Waals surface area contributed by atoms with Crippen molar-refractivity contribution in [3.63, 3.8) is 0 Å². The second-order valence-electron chi connectivity index (χ2n) is 4.55. The molecule has 0 aromatic heterocycles. The molecule has 15 heavy (non-hydrogen) atoms. The minimum absolute atomic E-state index is 0. The number of nitrogens with two attached hydrogens (primary N) is 2. The standard InChI is InChI=1S/C9H17N3.3ClH/c1-12-6-8(10)3-2-4-9(11,5-8)7-12;;;/h2-3H,4-7,10-11H2,1H3;3*1H. The van der Waals surface area contributed by atoms with Crippen LogP contribution in [0.5, 0.6) is 0 Å². The highest BCUT2D eigenvalue weighted by Gasteiger charge is 2.42. The van der Waals surface area contributed by atoms with E-state index >= 15 is 0 Å². The van der Waals surface area contributed by atoms with Crippen molar-refractivity contribution in [1.29, 1.82) is 0 Å². The van der Waals surface area contributed by atoms with Crippen LogP contribution >= 0.6 is 37.2 Å². The normalized spacial score (nSPS) is 38.3. The zero-order chi connectivity index (χ0) is 8.82. The van der Waals surface area contributed by atoms with Gasteiger partial charge in [0.2, 0.25) is 0 Å². The molecule has 2 aliphatic rings. The summed E-state index contributed by atoms with van der Waals surface area (Å²) in [4.78, 5) is 2.23. The third kappa shape index (κ3) is 3.77. The Morgan fingerprint density at radius 1 is 1.13 bits per heavy atom. The quantitative estimate of drug-likeness (QED) is 0.648. The predicted octanol–water partition coefficient (Wildman–Crippen LogP) is 0.942. The summed E-state index contributed by atoms with van der Waals surface area (Å²) in [6, 6.07) is 0. The molecule has 1 fully saturated rings. The van der Waals surface area contributed by atoms with Crippen LogP contribution in [0, 0.1) is 0 Å². The number of piperidine rings is 1. The third-order valence-corrected chi connectivity index (χ3v) is 2.80. The molecule has 2 atom stereocenters. The van der Waals surface area contributed by atoms with Gasteiger partial charge in [0, 0.05) is 24.2 Å². The van der Waals surface area contributed by atoms with Gasteiger partial charge in [-0.2, -0.15) is 0 Å².